The van der Waals surface area contributed by atoms with Gasteiger partial charge in [0.1, 0.15) is 5.60 Å². The number of hydrogen-bond donors (Lipinski definition) is 1. The van der Waals surface area contributed by atoms with E-state index in [4.69, 9.17) is 4.74 Å². The molecule has 128 valence electrons. The van der Waals surface area contributed by atoms with Crippen LogP contribution in [0.25, 0.3) is 0 Å². The Kier molecular flexibility index (Phi) is 6.79. The summed E-state index contributed by atoms with van der Waals surface area (Å²) in [6.45, 7) is 11.6. The van der Waals surface area contributed by atoms with Gasteiger partial charge >= 0.3 is 6.09 Å². The molecule has 4 heteroatoms. The number of nitrogens with one attached hydrogen (secondary N) is 1. The average molecular weight is 319 g/mol. The average Bonchev–Trinajstić information content (AvgIpc) is 2.44. The molecule has 0 saturated heterocycles. The number of rotatable bonds is 6. The van der Waals surface area contributed by atoms with Crippen molar-refractivity contribution in [3.8, 4) is 0 Å². The maximum Gasteiger partial charge on any atom is 0.407 e. The van der Waals surface area contributed by atoms with E-state index in [0.29, 0.717) is 17.9 Å². The first-order valence-corrected chi connectivity index (χ1v) is 8.25. The Morgan fingerprint density at radius 3 is 2.13 bits per heavy atom. The summed E-state index contributed by atoms with van der Waals surface area (Å²) in [5, 5.41) is 2.77. The van der Waals surface area contributed by atoms with Gasteiger partial charge in [-0.3, -0.25) is 4.79 Å². The van der Waals surface area contributed by atoms with Gasteiger partial charge in [0, 0.05) is 18.0 Å². The van der Waals surface area contributed by atoms with Crippen LogP contribution in [0.1, 0.15) is 76.2 Å². The second-order valence-electron chi connectivity index (χ2n) is 7.16. The molecule has 0 spiro atoms. The van der Waals surface area contributed by atoms with Crippen molar-refractivity contribution in [2.45, 2.75) is 71.9 Å². The maximum atomic E-state index is 12.4. The number of ether oxygens (including phenoxy) is 1. The highest BCUT2D eigenvalue weighted by Crippen LogP contribution is 2.16. The standard InChI is InChI=1S/C19H29NO3/c1-7-16(20-18(22)23-19(4,5)6)12-17(21)15-10-8-14(9-11-15)13(2)3/h8-11,13,16H,7,12H2,1-6H3,(H,20,22). The summed E-state index contributed by atoms with van der Waals surface area (Å²) in [6, 6.07) is 7.47. The van der Waals surface area contributed by atoms with Crippen LogP contribution in [-0.4, -0.2) is 23.5 Å². The number of Topliss-reactive ketones (excluding diaryl/α,β-unsaturated/α-hetero) is 1. The van der Waals surface area contributed by atoms with Crippen LogP contribution < -0.4 is 5.32 Å². The van der Waals surface area contributed by atoms with Crippen LogP contribution >= 0.6 is 0 Å². The summed E-state index contributed by atoms with van der Waals surface area (Å²) in [4.78, 5) is 24.2. The Hall–Kier alpha value is -1.84. The fourth-order valence-corrected chi connectivity index (χ4v) is 2.17. The number of hydrogen-bond acceptors (Lipinski definition) is 3. The molecule has 0 bridgehead atoms. The number of ketones is 1. The minimum atomic E-state index is -0.543. The van der Waals surface area contributed by atoms with Gasteiger partial charge in [0.05, 0.1) is 0 Å². The minimum Gasteiger partial charge on any atom is -0.444 e. The van der Waals surface area contributed by atoms with Gasteiger partial charge in [-0.2, -0.15) is 0 Å². The highest BCUT2D eigenvalue weighted by molar-refractivity contribution is 5.96. The Balaban J connectivity index is 2.64. The van der Waals surface area contributed by atoms with Gasteiger partial charge in [-0.15, -0.1) is 0 Å². The molecule has 0 saturated carbocycles. The van der Waals surface area contributed by atoms with Crippen molar-refractivity contribution in [3.05, 3.63) is 35.4 Å². The highest BCUT2D eigenvalue weighted by atomic mass is 16.6. The quantitative estimate of drug-likeness (QED) is 0.774. The second-order valence-corrected chi connectivity index (χ2v) is 7.16. The topological polar surface area (TPSA) is 55.4 Å². The van der Waals surface area contributed by atoms with Gasteiger partial charge in [-0.1, -0.05) is 45.0 Å². The van der Waals surface area contributed by atoms with Crippen molar-refractivity contribution >= 4 is 11.9 Å². The van der Waals surface area contributed by atoms with E-state index in [2.05, 4.69) is 19.2 Å². The summed E-state index contributed by atoms with van der Waals surface area (Å²) < 4.78 is 5.24. The zero-order valence-corrected chi connectivity index (χ0v) is 15.1. The predicted octanol–water partition coefficient (Wildman–Crippen LogP) is 4.69. The van der Waals surface area contributed by atoms with Crippen molar-refractivity contribution in [3.63, 3.8) is 0 Å². The first-order valence-electron chi connectivity index (χ1n) is 8.25. The van der Waals surface area contributed by atoms with E-state index in [1.54, 1.807) is 0 Å². The molecule has 1 aromatic carbocycles. The fourth-order valence-electron chi connectivity index (χ4n) is 2.17. The summed E-state index contributed by atoms with van der Waals surface area (Å²) in [6.07, 6.45) is 0.471. The molecule has 1 rings (SSSR count). The van der Waals surface area contributed by atoms with E-state index in [0.717, 1.165) is 0 Å². The van der Waals surface area contributed by atoms with Crippen molar-refractivity contribution in [2.75, 3.05) is 0 Å². The van der Waals surface area contributed by atoms with Gasteiger partial charge in [0.2, 0.25) is 0 Å². The Labute approximate surface area is 139 Å². The van der Waals surface area contributed by atoms with Crippen LogP contribution in [0.3, 0.4) is 0 Å². The number of benzene rings is 1. The molecule has 1 amide bonds. The first kappa shape index (κ1) is 19.2. The van der Waals surface area contributed by atoms with Crippen molar-refractivity contribution in [1.29, 1.82) is 0 Å². The van der Waals surface area contributed by atoms with Gasteiger partial charge < -0.3 is 10.1 Å². The van der Waals surface area contributed by atoms with Crippen molar-refractivity contribution < 1.29 is 14.3 Å². The summed E-state index contributed by atoms with van der Waals surface area (Å²) in [5.74, 6) is 0.472. The molecule has 23 heavy (non-hydrogen) atoms. The van der Waals surface area contributed by atoms with Crippen LogP contribution in [0.4, 0.5) is 4.79 Å². The van der Waals surface area contributed by atoms with Gasteiger partial charge in [0.15, 0.2) is 5.78 Å². The number of amides is 1. The molecule has 0 aliphatic heterocycles. The molecule has 1 atom stereocenters. The largest absolute Gasteiger partial charge is 0.444 e. The predicted molar refractivity (Wildman–Crippen MR) is 92.9 cm³/mol. The van der Waals surface area contributed by atoms with Crippen molar-refractivity contribution in [2.24, 2.45) is 0 Å². The van der Waals surface area contributed by atoms with E-state index in [1.807, 2.05) is 52.0 Å². The van der Waals surface area contributed by atoms with Crippen LogP contribution in [0, 0.1) is 0 Å². The lowest BCUT2D eigenvalue weighted by Gasteiger charge is -2.22. The Morgan fingerprint density at radius 1 is 1.13 bits per heavy atom. The van der Waals surface area contributed by atoms with Crippen molar-refractivity contribution in [1.82, 2.24) is 5.32 Å². The van der Waals surface area contributed by atoms with Gasteiger partial charge in [-0.25, -0.2) is 4.79 Å². The molecule has 0 fully saturated rings. The smallest absolute Gasteiger partial charge is 0.407 e. The van der Waals surface area contributed by atoms with E-state index in [-0.39, 0.29) is 18.2 Å². The molecular weight excluding hydrogens is 290 g/mol. The van der Waals surface area contributed by atoms with Gasteiger partial charge in [0.25, 0.3) is 0 Å². The second kappa shape index (κ2) is 8.14. The van der Waals surface area contributed by atoms with Crippen LogP contribution in [0.2, 0.25) is 0 Å². The SMILES string of the molecule is CCC(CC(=O)c1ccc(C(C)C)cc1)NC(=O)OC(C)(C)C. The lowest BCUT2D eigenvalue weighted by Crippen LogP contribution is -2.39. The molecule has 0 aliphatic rings. The molecule has 0 radical (unpaired) electrons. The third kappa shape index (κ3) is 6.85. The number of carbonyl (C=O) groups is 2. The molecule has 1 N–H and O–H groups in total. The third-order valence-corrected chi connectivity index (χ3v) is 3.54. The zero-order chi connectivity index (χ0) is 17.6. The maximum absolute atomic E-state index is 12.4. The molecule has 1 aromatic rings. The normalized spacial score (nSPS) is 12.8. The molecule has 0 heterocycles. The van der Waals surface area contributed by atoms with E-state index < -0.39 is 11.7 Å². The monoisotopic (exact) mass is 319 g/mol. The number of carbonyl (C=O) groups excluding carboxylic acids is 2. The van der Waals surface area contributed by atoms with Gasteiger partial charge in [-0.05, 0) is 38.7 Å². The zero-order valence-electron chi connectivity index (χ0n) is 15.1. The Bertz CT molecular complexity index is 527. The highest BCUT2D eigenvalue weighted by Gasteiger charge is 2.20. The van der Waals surface area contributed by atoms with Crippen LogP contribution in [-0.2, 0) is 4.74 Å². The lowest BCUT2D eigenvalue weighted by atomic mass is 9.98. The molecule has 4 nitrogen and oxygen atoms in total. The summed E-state index contributed by atoms with van der Waals surface area (Å²) >= 11 is 0. The molecule has 0 aliphatic carbocycles. The van der Waals surface area contributed by atoms with Crippen LogP contribution in [0.15, 0.2) is 24.3 Å². The van der Waals surface area contributed by atoms with E-state index in [1.165, 1.54) is 5.56 Å². The summed E-state index contributed by atoms with van der Waals surface area (Å²) in [7, 11) is 0. The van der Waals surface area contributed by atoms with Crippen LogP contribution in [0.5, 0.6) is 0 Å². The van der Waals surface area contributed by atoms with E-state index in [9.17, 15) is 9.59 Å². The fraction of sp³-hybridized carbons (Fsp3) is 0.579. The molecule has 0 aromatic heterocycles. The third-order valence-electron chi connectivity index (χ3n) is 3.54. The lowest BCUT2D eigenvalue weighted by molar-refractivity contribution is 0.0500. The molecule has 1 unspecified atom stereocenters. The molecular formula is C19H29NO3. The Morgan fingerprint density at radius 2 is 1.70 bits per heavy atom. The first-order chi connectivity index (χ1) is 10.6. The minimum absolute atomic E-state index is 0.0308. The summed E-state index contributed by atoms with van der Waals surface area (Å²) in [5.41, 5.74) is 1.35. The number of alkyl carbamates (subject to hydrolysis) is 1. The van der Waals surface area contributed by atoms with E-state index >= 15 is 0 Å².